The van der Waals surface area contributed by atoms with Gasteiger partial charge in [0, 0.05) is 20.9 Å². The van der Waals surface area contributed by atoms with Gasteiger partial charge in [-0.25, -0.2) is 4.79 Å². The summed E-state index contributed by atoms with van der Waals surface area (Å²) < 4.78 is 11.5. The summed E-state index contributed by atoms with van der Waals surface area (Å²) in [5.74, 6) is -1.50. The number of carbonyl (C=O) groups excluding carboxylic acids is 3. The van der Waals surface area contributed by atoms with Crippen molar-refractivity contribution in [2.75, 3.05) is 23.8 Å². The average Bonchev–Trinajstić information content (AvgIpc) is 2.78. The van der Waals surface area contributed by atoms with Crippen LogP contribution in [0.25, 0.3) is 0 Å². The Labute approximate surface area is 197 Å². The topological polar surface area (TPSA) is 93.7 Å². The van der Waals surface area contributed by atoms with Gasteiger partial charge in [-0.1, -0.05) is 45.7 Å². The highest BCUT2D eigenvalue weighted by Crippen LogP contribution is 2.20. The second kappa shape index (κ2) is 11.3. The molecule has 2 amide bonds. The molecule has 9 heteroatoms. The zero-order chi connectivity index (χ0) is 22.9. The van der Waals surface area contributed by atoms with E-state index in [1.54, 1.807) is 60.7 Å². The van der Waals surface area contributed by atoms with Crippen LogP contribution in [0.2, 0.25) is 5.02 Å². The van der Waals surface area contributed by atoms with Crippen LogP contribution in [0, 0.1) is 0 Å². The Bertz CT molecular complexity index is 1120. The summed E-state index contributed by atoms with van der Waals surface area (Å²) >= 11 is 9.20. The molecule has 0 aliphatic carbocycles. The highest BCUT2D eigenvalue weighted by molar-refractivity contribution is 9.10. The van der Waals surface area contributed by atoms with Crippen LogP contribution in [0.5, 0.6) is 5.75 Å². The van der Waals surface area contributed by atoms with Crippen molar-refractivity contribution >= 4 is 56.7 Å². The number of anilines is 2. The number of rotatable bonds is 8. The molecular formula is C23H18BrClN2O5. The Morgan fingerprint density at radius 1 is 0.812 bits per heavy atom. The summed E-state index contributed by atoms with van der Waals surface area (Å²) in [4.78, 5) is 36.6. The predicted octanol–water partition coefficient (Wildman–Crippen LogP) is 4.92. The number of ether oxygens (including phenoxy) is 2. The minimum Gasteiger partial charge on any atom is -0.483 e. The molecule has 2 N–H and O–H groups in total. The molecule has 0 bridgehead atoms. The van der Waals surface area contributed by atoms with E-state index in [-0.39, 0.29) is 17.9 Å². The van der Waals surface area contributed by atoms with E-state index in [4.69, 9.17) is 21.1 Å². The van der Waals surface area contributed by atoms with Crippen LogP contribution in [0.15, 0.2) is 77.3 Å². The first-order chi connectivity index (χ1) is 15.4. The lowest BCUT2D eigenvalue weighted by atomic mass is 10.2. The first-order valence-electron chi connectivity index (χ1n) is 9.40. The normalized spacial score (nSPS) is 10.2. The Morgan fingerprint density at radius 2 is 1.50 bits per heavy atom. The molecule has 0 aliphatic heterocycles. The summed E-state index contributed by atoms with van der Waals surface area (Å²) in [6.07, 6.45) is 0. The first kappa shape index (κ1) is 23.3. The summed E-state index contributed by atoms with van der Waals surface area (Å²) in [5.41, 5.74) is 1.19. The number of benzene rings is 3. The molecule has 3 aromatic carbocycles. The minimum atomic E-state index is -0.754. The molecule has 0 aliphatic rings. The standard InChI is InChI=1S/C23H18BrClN2O5/c24-15-8-10-17(11-9-15)26-21(28)13-31-20-7-2-1-6-19(20)23(30)32-14-22(29)27-18-5-3-4-16(25)12-18/h1-12H,13-14H2,(H,26,28)(H,27,29). The van der Waals surface area contributed by atoms with Gasteiger partial charge in [0.25, 0.3) is 11.8 Å². The van der Waals surface area contributed by atoms with E-state index in [0.717, 1.165) is 4.47 Å². The fourth-order valence-electron chi connectivity index (χ4n) is 2.61. The molecule has 164 valence electrons. The van der Waals surface area contributed by atoms with Crippen LogP contribution in [0.3, 0.4) is 0 Å². The molecule has 0 heterocycles. The third kappa shape index (κ3) is 7.11. The monoisotopic (exact) mass is 516 g/mol. The number of halogens is 2. The fourth-order valence-corrected chi connectivity index (χ4v) is 3.06. The largest absolute Gasteiger partial charge is 0.483 e. The van der Waals surface area contributed by atoms with Gasteiger partial charge < -0.3 is 20.1 Å². The molecule has 32 heavy (non-hydrogen) atoms. The number of para-hydroxylation sites is 1. The van der Waals surface area contributed by atoms with Gasteiger partial charge in [-0.2, -0.15) is 0 Å². The first-order valence-corrected chi connectivity index (χ1v) is 10.6. The van der Waals surface area contributed by atoms with Gasteiger partial charge >= 0.3 is 5.97 Å². The van der Waals surface area contributed by atoms with Crippen molar-refractivity contribution in [1.82, 2.24) is 0 Å². The zero-order valence-electron chi connectivity index (χ0n) is 16.6. The Morgan fingerprint density at radius 3 is 2.25 bits per heavy atom. The van der Waals surface area contributed by atoms with Crippen LogP contribution in [0.1, 0.15) is 10.4 Å². The molecule has 0 radical (unpaired) electrons. The van der Waals surface area contributed by atoms with Gasteiger partial charge in [0.1, 0.15) is 11.3 Å². The Hall–Kier alpha value is -3.36. The summed E-state index contributed by atoms with van der Waals surface area (Å²) in [6.45, 7) is -0.806. The SMILES string of the molecule is O=C(COC(=O)c1ccccc1OCC(=O)Nc1ccc(Br)cc1)Nc1cccc(Cl)c1. The number of nitrogens with one attached hydrogen (secondary N) is 2. The smallest absolute Gasteiger partial charge is 0.342 e. The van der Waals surface area contributed by atoms with Crippen LogP contribution < -0.4 is 15.4 Å². The third-order valence-electron chi connectivity index (χ3n) is 4.04. The second-order valence-corrected chi connectivity index (χ2v) is 7.83. The summed E-state index contributed by atoms with van der Waals surface area (Å²) in [6, 6.07) is 20.0. The van der Waals surface area contributed by atoms with Crippen molar-refractivity contribution in [2.24, 2.45) is 0 Å². The van der Waals surface area contributed by atoms with Gasteiger partial charge in [0.05, 0.1) is 0 Å². The highest BCUT2D eigenvalue weighted by Gasteiger charge is 2.16. The lowest BCUT2D eigenvalue weighted by Crippen LogP contribution is -2.22. The van der Waals surface area contributed by atoms with E-state index in [0.29, 0.717) is 16.4 Å². The molecular weight excluding hydrogens is 500 g/mol. The molecule has 0 saturated carbocycles. The van der Waals surface area contributed by atoms with Crippen molar-refractivity contribution < 1.29 is 23.9 Å². The number of carbonyl (C=O) groups is 3. The van der Waals surface area contributed by atoms with Crippen LogP contribution in [0.4, 0.5) is 11.4 Å². The van der Waals surface area contributed by atoms with E-state index in [2.05, 4.69) is 26.6 Å². The van der Waals surface area contributed by atoms with Gasteiger partial charge in [-0.15, -0.1) is 0 Å². The molecule has 3 rings (SSSR count). The maximum Gasteiger partial charge on any atom is 0.342 e. The van der Waals surface area contributed by atoms with E-state index >= 15 is 0 Å². The molecule has 7 nitrogen and oxygen atoms in total. The molecule has 0 spiro atoms. The molecule has 0 saturated heterocycles. The van der Waals surface area contributed by atoms with Crippen molar-refractivity contribution in [3.63, 3.8) is 0 Å². The Balaban J connectivity index is 1.53. The van der Waals surface area contributed by atoms with E-state index in [1.165, 1.54) is 12.1 Å². The van der Waals surface area contributed by atoms with Crippen molar-refractivity contribution in [3.8, 4) is 5.75 Å². The fraction of sp³-hybridized carbons (Fsp3) is 0.0870. The Kier molecular flexibility index (Phi) is 8.24. The number of hydrogen-bond acceptors (Lipinski definition) is 5. The average molecular weight is 518 g/mol. The van der Waals surface area contributed by atoms with E-state index in [9.17, 15) is 14.4 Å². The highest BCUT2D eigenvalue weighted by atomic mass is 79.9. The minimum absolute atomic E-state index is 0.0968. The van der Waals surface area contributed by atoms with E-state index in [1.807, 2.05) is 0 Å². The second-order valence-electron chi connectivity index (χ2n) is 6.47. The maximum absolute atomic E-state index is 12.4. The van der Waals surface area contributed by atoms with Crippen molar-refractivity contribution in [2.45, 2.75) is 0 Å². The summed E-state index contributed by atoms with van der Waals surface area (Å²) in [5, 5.41) is 5.74. The van der Waals surface area contributed by atoms with Crippen LogP contribution in [-0.2, 0) is 14.3 Å². The van der Waals surface area contributed by atoms with Crippen molar-refractivity contribution in [1.29, 1.82) is 0 Å². The number of esters is 1. The number of amides is 2. The van der Waals surface area contributed by atoms with Gasteiger partial charge in [0.15, 0.2) is 13.2 Å². The quantitative estimate of drug-likeness (QED) is 0.414. The molecule has 0 fully saturated rings. The summed E-state index contributed by atoms with van der Waals surface area (Å²) in [7, 11) is 0. The lowest BCUT2D eigenvalue weighted by molar-refractivity contribution is -0.119. The number of hydrogen-bond donors (Lipinski definition) is 2. The maximum atomic E-state index is 12.4. The zero-order valence-corrected chi connectivity index (χ0v) is 19.0. The van der Waals surface area contributed by atoms with Gasteiger partial charge in [0.2, 0.25) is 0 Å². The van der Waals surface area contributed by atoms with Gasteiger partial charge in [-0.3, -0.25) is 9.59 Å². The van der Waals surface area contributed by atoms with Gasteiger partial charge in [-0.05, 0) is 54.6 Å². The third-order valence-corrected chi connectivity index (χ3v) is 4.80. The lowest BCUT2D eigenvalue weighted by Gasteiger charge is -2.12. The van der Waals surface area contributed by atoms with Crippen LogP contribution >= 0.6 is 27.5 Å². The van der Waals surface area contributed by atoms with Crippen molar-refractivity contribution in [3.05, 3.63) is 87.9 Å². The molecule has 0 aromatic heterocycles. The molecule has 0 unspecified atom stereocenters. The van der Waals surface area contributed by atoms with E-state index < -0.39 is 24.4 Å². The van der Waals surface area contributed by atoms with Crippen LogP contribution in [-0.4, -0.2) is 31.0 Å². The predicted molar refractivity (Wildman–Crippen MR) is 125 cm³/mol. The molecule has 3 aromatic rings. The molecule has 0 atom stereocenters.